The molecule has 21 heavy (non-hydrogen) atoms. The molecule has 0 heterocycles. The van der Waals surface area contributed by atoms with E-state index in [1.54, 1.807) is 0 Å². The summed E-state index contributed by atoms with van der Waals surface area (Å²) in [6.07, 6.45) is 3.57. The summed E-state index contributed by atoms with van der Waals surface area (Å²) < 4.78 is 0. The average Bonchev–Trinajstić information content (AvgIpc) is 2.48. The van der Waals surface area contributed by atoms with E-state index >= 15 is 0 Å². The molecule has 0 radical (unpaired) electrons. The number of hydrogen-bond donors (Lipinski definition) is 3. The lowest BCUT2D eigenvalue weighted by molar-refractivity contribution is -0.137. The van der Waals surface area contributed by atoms with Crippen molar-refractivity contribution in [3.05, 3.63) is 35.9 Å². The van der Waals surface area contributed by atoms with Gasteiger partial charge in [0, 0.05) is 19.5 Å². The third-order valence-corrected chi connectivity index (χ3v) is 3.37. The van der Waals surface area contributed by atoms with Crippen LogP contribution in [0.5, 0.6) is 0 Å². The predicted octanol–water partition coefficient (Wildman–Crippen LogP) is 1.88. The van der Waals surface area contributed by atoms with Gasteiger partial charge in [0.15, 0.2) is 0 Å². The summed E-state index contributed by atoms with van der Waals surface area (Å²) in [4.78, 5) is 22.4. The number of carbonyl (C=O) groups excluding carboxylic acids is 1. The summed E-state index contributed by atoms with van der Waals surface area (Å²) in [5.41, 5.74) is 6.62. The van der Waals surface area contributed by atoms with E-state index in [1.807, 2.05) is 30.3 Å². The summed E-state index contributed by atoms with van der Waals surface area (Å²) in [6, 6.07) is 9.51. The SMILES string of the molecule is NCC(C(=O)NCCCCCCC(=O)O)c1ccccc1. The minimum atomic E-state index is -0.753. The van der Waals surface area contributed by atoms with Crippen LogP contribution >= 0.6 is 0 Å². The highest BCUT2D eigenvalue weighted by molar-refractivity contribution is 5.83. The molecule has 0 bridgehead atoms. The highest BCUT2D eigenvalue weighted by Crippen LogP contribution is 2.14. The Morgan fingerprint density at radius 2 is 1.76 bits per heavy atom. The van der Waals surface area contributed by atoms with Gasteiger partial charge < -0.3 is 16.2 Å². The molecule has 1 aromatic carbocycles. The number of carbonyl (C=O) groups is 2. The lowest BCUT2D eigenvalue weighted by Gasteiger charge is -2.15. The summed E-state index contributed by atoms with van der Waals surface area (Å²) in [6.45, 7) is 0.893. The number of amides is 1. The van der Waals surface area contributed by atoms with Gasteiger partial charge in [-0.3, -0.25) is 9.59 Å². The first-order valence-corrected chi connectivity index (χ1v) is 7.39. The molecule has 1 atom stereocenters. The van der Waals surface area contributed by atoms with Gasteiger partial charge >= 0.3 is 5.97 Å². The zero-order chi connectivity index (χ0) is 15.5. The molecule has 0 aliphatic carbocycles. The molecule has 0 saturated heterocycles. The fraction of sp³-hybridized carbons (Fsp3) is 0.500. The summed E-state index contributed by atoms with van der Waals surface area (Å²) in [5, 5.41) is 11.4. The molecule has 0 fully saturated rings. The van der Waals surface area contributed by atoms with Gasteiger partial charge in [0.05, 0.1) is 5.92 Å². The number of hydrogen-bond acceptors (Lipinski definition) is 3. The van der Waals surface area contributed by atoms with Crippen LogP contribution in [0, 0.1) is 0 Å². The van der Waals surface area contributed by atoms with Crippen LogP contribution in [0.15, 0.2) is 30.3 Å². The van der Waals surface area contributed by atoms with E-state index in [4.69, 9.17) is 10.8 Å². The summed E-state index contributed by atoms with van der Waals surface area (Å²) in [5.74, 6) is -1.11. The predicted molar refractivity (Wildman–Crippen MR) is 82.0 cm³/mol. The van der Waals surface area contributed by atoms with E-state index in [0.717, 1.165) is 24.8 Å². The molecule has 1 aromatic rings. The maximum absolute atomic E-state index is 12.1. The van der Waals surface area contributed by atoms with E-state index in [-0.39, 0.29) is 24.8 Å². The second kappa shape index (κ2) is 9.94. The number of rotatable bonds is 10. The van der Waals surface area contributed by atoms with Crippen molar-refractivity contribution in [1.82, 2.24) is 5.32 Å². The van der Waals surface area contributed by atoms with Crippen molar-refractivity contribution in [3.8, 4) is 0 Å². The Morgan fingerprint density at radius 1 is 1.10 bits per heavy atom. The Morgan fingerprint density at radius 3 is 2.38 bits per heavy atom. The van der Waals surface area contributed by atoms with E-state index in [0.29, 0.717) is 13.0 Å². The van der Waals surface area contributed by atoms with Crippen LogP contribution < -0.4 is 11.1 Å². The molecule has 0 saturated carbocycles. The number of unbranched alkanes of at least 4 members (excludes halogenated alkanes) is 3. The maximum atomic E-state index is 12.1. The number of benzene rings is 1. The topological polar surface area (TPSA) is 92.4 Å². The standard InChI is InChI=1S/C16H24N2O3/c17-12-14(13-8-4-3-5-9-13)16(21)18-11-7-2-1-6-10-15(19)20/h3-5,8-9,14H,1-2,6-7,10-12,17H2,(H,18,21)(H,19,20). The molecule has 0 aliphatic heterocycles. The molecule has 5 heteroatoms. The van der Waals surface area contributed by atoms with Crippen molar-refractivity contribution in [1.29, 1.82) is 0 Å². The summed E-state index contributed by atoms with van der Waals surface area (Å²) >= 11 is 0. The minimum Gasteiger partial charge on any atom is -0.481 e. The summed E-state index contributed by atoms with van der Waals surface area (Å²) in [7, 11) is 0. The molecule has 0 aromatic heterocycles. The minimum absolute atomic E-state index is 0.0470. The second-order valence-corrected chi connectivity index (χ2v) is 5.05. The Labute approximate surface area is 125 Å². The molecule has 1 amide bonds. The van der Waals surface area contributed by atoms with Gasteiger partial charge in [-0.25, -0.2) is 0 Å². The molecule has 1 unspecified atom stereocenters. The number of nitrogens with two attached hydrogens (primary N) is 1. The van der Waals surface area contributed by atoms with Crippen molar-refractivity contribution in [3.63, 3.8) is 0 Å². The average molecular weight is 292 g/mol. The van der Waals surface area contributed by atoms with Gasteiger partial charge in [-0.2, -0.15) is 0 Å². The third-order valence-electron chi connectivity index (χ3n) is 3.37. The number of aliphatic carboxylic acids is 1. The largest absolute Gasteiger partial charge is 0.481 e. The van der Waals surface area contributed by atoms with E-state index in [2.05, 4.69) is 5.32 Å². The van der Waals surface area contributed by atoms with Crippen LogP contribution in [-0.2, 0) is 9.59 Å². The Hall–Kier alpha value is -1.88. The fourth-order valence-electron chi connectivity index (χ4n) is 2.17. The lowest BCUT2D eigenvalue weighted by atomic mass is 9.98. The molecule has 1 rings (SSSR count). The second-order valence-electron chi connectivity index (χ2n) is 5.05. The lowest BCUT2D eigenvalue weighted by Crippen LogP contribution is -2.34. The normalized spacial score (nSPS) is 11.9. The number of carboxylic acid groups (broad SMARTS) is 1. The molecule has 0 spiro atoms. The third kappa shape index (κ3) is 6.90. The van der Waals surface area contributed by atoms with Crippen molar-refractivity contribution < 1.29 is 14.7 Å². The highest BCUT2D eigenvalue weighted by atomic mass is 16.4. The van der Waals surface area contributed by atoms with Gasteiger partial charge in [0.25, 0.3) is 0 Å². The van der Waals surface area contributed by atoms with Gasteiger partial charge in [-0.05, 0) is 18.4 Å². The zero-order valence-electron chi connectivity index (χ0n) is 12.3. The van der Waals surface area contributed by atoms with Crippen LogP contribution in [0.3, 0.4) is 0 Å². The van der Waals surface area contributed by atoms with Crippen LogP contribution in [0.2, 0.25) is 0 Å². The monoisotopic (exact) mass is 292 g/mol. The van der Waals surface area contributed by atoms with Crippen LogP contribution in [0.25, 0.3) is 0 Å². The van der Waals surface area contributed by atoms with Crippen molar-refractivity contribution in [2.24, 2.45) is 5.73 Å². The van der Waals surface area contributed by atoms with E-state index < -0.39 is 5.97 Å². The molecular weight excluding hydrogens is 268 g/mol. The van der Waals surface area contributed by atoms with Crippen LogP contribution in [0.4, 0.5) is 0 Å². The van der Waals surface area contributed by atoms with Gasteiger partial charge in [-0.15, -0.1) is 0 Å². The smallest absolute Gasteiger partial charge is 0.303 e. The van der Waals surface area contributed by atoms with Gasteiger partial charge in [-0.1, -0.05) is 43.2 Å². The van der Waals surface area contributed by atoms with Crippen LogP contribution in [-0.4, -0.2) is 30.1 Å². The van der Waals surface area contributed by atoms with Gasteiger partial charge in [0.2, 0.25) is 5.91 Å². The fourth-order valence-corrected chi connectivity index (χ4v) is 2.17. The first kappa shape index (κ1) is 17.2. The maximum Gasteiger partial charge on any atom is 0.303 e. The molecule has 4 N–H and O–H groups in total. The van der Waals surface area contributed by atoms with E-state index in [1.165, 1.54) is 0 Å². The quantitative estimate of drug-likeness (QED) is 0.574. The van der Waals surface area contributed by atoms with E-state index in [9.17, 15) is 9.59 Å². The van der Waals surface area contributed by atoms with Crippen molar-refractivity contribution in [2.75, 3.05) is 13.1 Å². The Bertz CT molecular complexity index is 434. The molecular formula is C16H24N2O3. The molecule has 116 valence electrons. The van der Waals surface area contributed by atoms with Gasteiger partial charge in [0.1, 0.15) is 0 Å². The van der Waals surface area contributed by atoms with Crippen LogP contribution in [0.1, 0.15) is 43.6 Å². The first-order valence-electron chi connectivity index (χ1n) is 7.39. The molecule has 5 nitrogen and oxygen atoms in total. The first-order chi connectivity index (χ1) is 10.1. The molecule has 0 aliphatic rings. The van der Waals surface area contributed by atoms with Crippen molar-refractivity contribution in [2.45, 2.75) is 38.0 Å². The Balaban J connectivity index is 2.22. The highest BCUT2D eigenvalue weighted by Gasteiger charge is 2.17. The Kier molecular flexibility index (Phi) is 8.12. The number of nitrogens with one attached hydrogen (secondary N) is 1. The zero-order valence-corrected chi connectivity index (χ0v) is 12.3. The number of carboxylic acids is 1. The van der Waals surface area contributed by atoms with Crippen molar-refractivity contribution >= 4 is 11.9 Å².